The van der Waals surface area contributed by atoms with Crippen molar-refractivity contribution < 1.29 is 44.6 Å². The maximum atomic E-state index is 13.9. The van der Waals surface area contributed by atoms with Crippen LogP contribution in [0.3, 0.4) is 0 Å². The first-order valence-corrected chi connectivity index (χ1v) is 12.2. The highest BCUT2D eigenvalue weighted by atomic mass is 32.2. The molecule has 0 amide bonds. The predicted molar refractivity (Wildman–Crippen MR) is 112 cm³/mol. The van der Waals surface area contributed by atoms with Gasteiger partial charge in [-0.25, -0.2) is 4.39 Å². The Morgan fingerprint density at radius 1 is 1.13 bits per heavy atom. The van der Waals surface area contributed by atoms with Crippen LogP contribution in [-0.2, 0) is 31.7 Å². The van der Waals surface area contributed by atoms with Crippen molar-refractivity contribution in [1.29, 1.82) is 0 Å². The molecule has 1 atom stereocenters. The van der Waals surface area contributed by atoms with Gasteiger partial charge < -0.3 is 25.4 Å². The summed E-state index contributed by atoms with van der Waals surface area (Å²) in [5.74, 6) is 0.550. The highest BCUT2D eigenvalue weighted by molar-refractivity contribution is 7.85. The number of methoxy groups -OCH3 is 2. The Balaban J connectivity index is 0.000000752. The van der Waals surface area contributed by atoms with Crippen LogP contribution in [0.1, 0.15) is 5.56 Å². The first kappa shape index (κ1) is 29.0. The Morgan fingerprint density at radius 3 is 2.06 bits per heavy atom. The molecule has 2 rings (SSSR count). The summed E-state index contributed by atoms with van der Waals surface area (Å²) in [6.45, 7) is 1.98. The number of benzene rings is 1. The normalized spacial score (nSPS) is 17.2. The number of hydrogen-bond acceptors (Lipinski definition) is 10. The topological polar surface area (TPSA) is 187 Å². The molecule has 1 aliphatic heterocycles. The van der Waals surface area contributed by atoms with Gasteiger partial charge >= 0.3 is 0 Å². The van der Waals surface area contributed by atoms with Crippen LogP contribution in [0, 0.1) is 11.7 Å². The van der Waals surface area contributed by atoms with Crippen molar-refractivity contribution in [3.63, 3.8) is 0 Å². The van der Waals surface area contributed by atoms with Gasteiger partial charge in [-0.05, 0) is 6.07 Å². The molecule has 1 saturated heterocycles. The molecule has 15 heteroatoms. The smallest absolute Gasteiger partial charge is 0.261 e. The molecule has 0 saturated carbocycles. The number of nitrogens with zero attached hydrogens (tertiary/aromatic N) is 1. The first-order valence-electron chi connectivity index (χ1n) is 8.54. The molecule has 0 bridgehead atoms. The summed E-state index contributed by atoms with van der Waals surface area (Å²) in [7, 11) is -4.38. The second kappa shape index (κ2) is 13.4. The molecule has 180 valence electrons. The number of hydrogen-bond donors (Lipinski definition) is 4. The largest absolute Gasteiger partial charge is 0.493 e. The number of rotatable bonds is 6. The van der Waals surface area contributed by atoms with Crippen molar-refractivity contribution in [2.45, 2.75) is 6.61 Å². The standard InChI is InChI=1S/C14H20FN3O3.2CH4O3S/c1-19-13-3-9(11(15)4-14(13)20-2)8-21-18-12-7-17-6-10(12)5-16;2*1-5(2,3)4/h3-4,10,17H,5-8,16H2,1-2H3;2*1H3,(H,2,3,4)/b18-12+;;. The van der Waals surface area contributed by atoms with Gasteiger partial charge in [-0.15, -0.1) is 0 Å². The molecular formula is C16H28FN3O9S2. The molecule has 5 N–H and O–H groups in total. The minimum atomic E-state index is -3.67. The van der Waals surface area contributed by atoms with Crippen LogP contribution in [0.4, 0.5) is 4.39 Å². The minimum Gasteiger partial charge on any atom is -0.493 e. The van der Waals surface area contributed by atoms with E-state index < -0.39 is 26.1 Å². The van der Waals surface area contributed by atoms with E-state index in [0.29, 0.717) is 42.7 Å². The van der Waals surface area contributed by atoms with Crippen LogP contribution >= 0.6 is 0 Å². The fourth-order valence-electron chi connectivity index (χ4n) is 2.15. The fraction of sp³-hybridized carbons (Fsp3) is 0.562. The van der Waals surface area contributed by atoms with Crippen LogP contribution in [0.15, 0.2) is 17.3 Å². The SMILES string of the molecule is COc1cc(F)c(CO/N=C2\CNCC2CN)cc1OC.CS(=O)(=O)O.CS(=O)(=O)O. The zero-order valence-corrected chi connectivity index (χ0v) is 19.2. The van der Waals surface area contributed by atoms with E-state index in [0.717, 1.165) is 12.3 Å². The van der Waals surface area contributed by atoms with Crippen molar-refractivity contribution in [1.82, 2.24) is 5.32 Å². The fourth-order valence-corrected chi connectivity index (χ4v) is 2.15. The molecule has 0 aromatic heterocycles. The summed E-state index contributed by atoms with van der Waals surface area (Å²) in [6, 6.07) is 2.81. The lowest BCUT2D eigenvalue weighted by molar-refractivity contribution is 0.126. The third kappa shape index (κ3) is 14.6. The van der Waals surface area contributed by atoms with Crippen molar-refractivity contribution in [3.05, 3.63) is 23.5 Å². The highest BCUT2D eigenvalue weighted by Crippen LogP contribution is 2.30. The lowest BCUT2D eigenvalue weighted by Gasteiger charge is -2.11. The third-order valence-corrected chi connectivity index (χ3v) is 3.41. The van der Waals surface area contributed by atoms with Crippen LogP contribution in [0.2, 0.25) is 0 Å². The van der Waals surface area contributed by atoms with Gasteiger partial charge in [0.05, 0.1) is 32.4 Å². The quantitative estimate of drug-likeness (QED) is 0.309. The van der Waals surface area contributed by atoms with Crippen molar-refractivity contribution in [3.8, 4) is 11.5 Å². The Labute approximate surface area is 181 Å². The number of halogens is 1. The Hall–Kier alpha value is -2.04. The molecule has 12 nitrogen and oxygen atoms in total. The molecule has 1 heterocycles. The lowest BCUT2D eigenvalue weighted by Crippen LogP contribution is -2.22. The van der Waals surface area contributed by atoms with Crippen molar-refractivity contribution in [2.75, 3.05) is 46.4 Å². The van der Waals surface area contributed by atoms with E-state index >= 15 is 0 Å². The first-order chi connectivity index (χ1) is 14.2. The summed E-state index contributed by atoms with van der Waals surface area (Å²) in [5.41, 5.74) is 6.85. The second-order valence-corrected chi connectivity index (χ2v) is 9.12. The van der Waals surface area contributed by atoms with Gasteiger partial charge in [0, 0.05) is 37.2 Å². The van der Waals surface area contributed by atoms with Crippen LogP contribution < -0.4 is 20.5 Å². The van der Waals surface area contributed by atoms with Crippen LogP contribution in [-0.4, -0.2) is 78.0 Å². The lowest BCUT2D eigenvalue weighted by atomic mass is 10.1. The average molecular weight is 490 g/mol. The van der Waals surface area contributed by atoms with E-state index in [1.54, 1.807) is 6.07 Å². The molecule has 0 radical (unpaired) electrons. The zero-order valence-electron chi connectivity index (χ0n) is 17.5. The minimum absolute atomic E-state index is 0.0208. The molecule has 1 unspecified atom stereocenters. The van der Waals surface area contributed by atoms with Gasteiger partial charge in [-0.1, -0.05) is 5.16 Å². The van der Waals surface area contributed by atoms with Gasteiger partial charge in [0.25, 0.3) is 20.2 Å². The summed E-state index contributed by atoms with van der Waals surface area (Å²) >= 11 is 0. The molecule has 0 spiro atoms. The number of oxime groups is 1. The summed E-state index contributed by atoms with van der Waals surface area (Å²) < 4.78 is 75.8. The maximum absolute atomic E-state index is 13.9. The predicted octanol–water partition coefficient (Wildman–Crippen LogP) is -0.0984. The van der Waals surface area contributed by atoms with E-state index in [9.17, 15) is 21.2 Å². The summed E-state index contributed by atoms with van der Waals surface area (Å²) in [4.78, 5) is 5.25. The second-order valence-electron chi connectivity index (χ2n) is 6.18. The van der Waals surface area contributed by atoms with E-state index in [-0.39, 0.29) is 12.5 Å². The van der Waals surface area contributed by atoms with Gasteiger partial charge in [0.2, 0.25) is 0 Å². The van der Waals surface area contributed by atoms with E-state index in [1.807, 2.05) is 0 Å². The Bertz CT molecular complexity index is 892. The number of ether oxygens (including phenoxy) is 2. The molecule has 1 aliphatic rings. The van der Waals surface area contributed by atoms with E-state index in [2.05, 4.69) is 10.5 Å². The van der Waals surface area contributed by atoms with Crippen LogP contribution in [0.25, 0.3) is 0 Å². The van der Waals surface area contributed by atoms with Crippen LogP contribution in [0.5, 0.6) is 11.5 Å². The molecule has 0 aliphatic carbocycles. The molecular weight excluding hydrogens is 461 g/mol. The van der Waals surface area contributed by atoms with Gasteiger partial charge in [0.15, 0.2) is 11.5 Å². The molecule has 31 heavy (non-hydrogen) atoms. The van der Waals surface area contributed by atoms with E-state index in [4.69, 9.17) is 29.2 Å². The molecule has 1 aromatic carbocycles. The zero-order chi connectivity index (χ0) is 24.2. The van der Waals surface area contributed by atoms with Crippen molar-refractivity contribution in [2.24, 2.45) is 16.8 Å². The third-order valence-electron chi connectivity index (χ3n) is 3.41. The van der Waals surface area contributed by atoms with Gasteiger partial charge in [-0.3, -0.25) is 9.11 Å². The Kier molecular flexibility index (Phi) is 12.5. The monoisotopic (exact) mass is 489 g/mol. The maximum Gasteiger partial charge on any atom is 0.261 e. The van der Waals surface area contributed by atoms with Gasteiger partial charge in [0.1, 0.15) is 12.4 Å². The number of nitrogens with one attached hydrogen (secondary N) is 1. The average Bonchev–Trinajstić information content (AvgIpc) is 3.07. The molecule has 1 aromatic rings. The van der Waals surface area contributed by atoms with Crippen molar-refractivity contribution >= 4 is 25.9 Å². The summed E-state index contributed by atoms with van der Waals surface area (Å²) in [6.07, 6.45) is 1.43. The number of nitrogens with two attached hydrogens (primary N) is 1. The molecule has 1 fully saturated rings. The van der Waals surface area contributed by atoms with E-state index in [1.165, 1.54) is 20.3 Å². The summed E-state index contributed by atoms with van der Waals surface area (Å²) in [5, 5.41) is 7.21. The van der Waals surface area contributed by atoms with Gasteiger partial charge in [-0.2, -0.15) is 16.8 Å². The Morgan fingerprint density at radius 2 is 1.61 bits per heavy atom. The highest BCUT2D eigenvalue weighted by Gasteiger charge is 2.21.